The van der Waals surface area contributed by atoms with Crippen molar-refractivity contribution in [3.8, 4) is 5.75 Å². The van der Waals surface area contributed by atoms with Gasteiger partial charge in [-0.3, -0.25) is 4.79 Å². The number of hydrogen-bond donors (Lipinski definition) is 2. The monoisotopic (exact) mass is 306 g/mol. The molecular formula is C14H18N4O2S. The second-order valence-corrected chi connectivity index (χ2v) is 5.49. The van der Waals surface area contributed by atoms with E-state index in [1.54, 1.807) is 43.3 Å². The van der Waals surface area contributed by atoms with Gasteiger partial charge < -0.3 is 20.4 Å². The van der Waals surface area contributed by atoms with E-state index in [1.807, 2.05) is 17.8 Å². The summed E-state index contributed by atoms with van der Waals surface area (Å²) < 4.78 is 7.11. The first-order chi connectivity index (χ1) is 10.1. The topological polar surface area (TPSA) is 82.2 Å². The lowest BCUT2D eigenvalue weighted by Gasteiger charge is -2.10. The number of benzene rings is 1. The van der Waals surface area contributed by atoms with Gasteiger partial charge in [0.15, 0.2) is 5.16 Å². The Kier molecular flexibility index (Phi) is 5.10. The molecule has 2 aromatic rings. The summed E-state index contributed by atoms with van der Waals surface area (Å²) in [4.78, 5) is 16.2. The van der Waals surface area contributed by atoms with E-state index in [1.165, 1.54) is 0 Å². The highest BCUT2D eigenvalue weighted by molar-refractivity contribution is 7.99. The molecule has 0 bridgehead atoms. The van der Waals surface area contributed by atoms with Crippen molar-refractivity contribution in [2.24, 2.45) is 7.05 Å². The summed E-state index contributed by atoms with van der Waals surface area (Å²) in [5.74, 6) is 1.16. The average molecular weight is 306 g/mol. The molecule has 21 heavy (non-hydrogen) atoms. The van der Waals surface area contributed by atoms with Crippen molar-refractivity contribution in [2.75, 3.05) is 23.9 Å². The van der Waals surface area contributed by atoms with Crippen LogP contribution in [-0.2, 0) is 11.8 Å². The van der Waals surface area contributed by atoms with Crippen molar-refractivity contribution in [2.45, 2.75) is 11.6 Å². The maximum absolute atomic E-state index is 12.0. The van der Waals surface area contributed by atoms with Crippen molar-refractivity contribution in [1.29, 1.82) is 0 Å². The number of imidazole rings is 1. The maximum Gasteiger partial charge on any atom is 0.225 e. The normalized spacial score (nSPS) is 10.4. The van der Waals surface area contributed by atoms with Crippen molar-refractivity contribution in [1.82, 2.24) is 9.55 Å². The lowest BCUT2D eigenvalue weighted by molar-refractivity contribution is -0.115. The Morgan fingerprint density at radius 2 is 2.33 bits per heavy atom. The van der Waals surface area contributed by atoms with Crippen LogP contribution in [0.2, 0.25) is 0 Å². The highest BCUT2D eigenvalue weighted by Crippen LogP contribution is 2.26. The van der Waals surface area contributed by atoms with Gasteiger partial charge in [0.05, 0.1) is 12.8 Å². The zero-order valence-electron chi connectivity index (χ0n) is 12.0. The molecule has 1 aromatic heterocycles. The van der Waals surface area contributed by atoms with Gasteiger partial charge in [-0.15, -0.1) is 0 Å². The van der Waals surface area contributed by atoms with Gasteiger partial charge in [-0.1, -0.05) is 11.8 Å². The fourth-order valence-electron chi connectivity index (χ4n) is 1.76. The van der Waals surface area contributed by atoms with E-state index in [9.17, 15) is 4.79 Å². The second-order valence-electron chi connectivity index (χ2n) is 4.43. The number of nitrogens with zero attached hydrogens (tertiary/aromatic N) is 2. The Balaban J connectivity index is 1.87. The van der Waals surface area contributed by atoms with Crippen LogP contribution in [0.3, 0.4) is 0 Å². The Hall–Kier alpha value is -2.15. The minimum absolute atomic E-state index is 0.0828. The number of nitrogen functional groups attached to an aromatic ring is 1. The molecule has 112 valence electrons. The number of methoxy groups -OCH3 is 1. The molecule has 1 heterocycles. The first kappa shape index (κ1) is 15.2. The lowest BCUT2D eigenvalue weighted by Crippen LogP contribution is -2.13. The molecule has 0 fully saturated rings. The molecule has 0 radical (unpaired) electrons. The number of rotatable bonds is 6. The van der Waals surface area contributed by atoms with E-state index >= 15 is 0 Å². The number of thioether (sulfide) groups is 1. The van der Waals surface area contributed by atoms with Crippen LogP contribution in [0.1, 0.15) is 6.42 Å². The molecule has 3 N–H and O–H groups in total. The Morgan fingerprint density at radius 3 is 3.00 bits per heavy atom. The molecule has 0 aliphatic carbocycles. The quantitative estimate of drug-likeness (QED) is 0.631. The van der Waals surface area contributed by atoms with Crippen molar-refractivity contribution >= 4 is 29.0 Å². The van der Waals surface area contributed by atoms with E-state index in [0.717, 1.165) is 5.16 Å². The van der Waals surface area contributed by atoms with Gasteiger partial charge in [-0.2, -0.15) is 0 Å². The summed E-state index contributed by atoms with van der Waals surface area (Å²) in [6.07, 6.45) is 4.00. The van der Waals surface area contributed by atoms with Gasteiger partial charge >= 0.3 is 0 Å². The van der Waals surface area contributed by atoms with Crippen LogP contribution in [0.5, 0.6) is 5.75 Å². The van der Waals surface area contributed by atoms with Crippen molar-refractivity contribution in [3.63, 3.8) is 0 Å². The fraction of sp³-hybridized carbons (Fsp3) is 0.286. The smallest absolute Gasteiger partial charge is 0.225 e. The number of aromatic nitrogens is 2. The van der Waals surface area contributed by atoms with Crippen LogP contribution in [0, 0.1) is 0 Å². The summed E-state index contributed by atoms with van der Waals surface area (Å²) in [6, 6.07) is 5.14. The van der Waals surface area contributed by atoms with E-state index in [4.69, 9.17) is 10.5 Å². The Labute approximate surface area is 127 Å². The molecule has 2 rings (SSSR count). The van der Waals surface area contributed by atoms with Gasteiger partial charge in [0.1, 0.15) is 5.75 Å². The molecule has 0 atom stereocenters. The zero-order chi connectivity index (χ0) is 15.2. The third-order valence-electron chi connectivity index (χ3n) is 2.83. The number of aryl methyl sites for hydroxylation is 1. The highest BCUT2D eigenvalue weighted by Gasteiger charge is 2.09. The number of nitrogens with one attached hydrogen (secondary N) is 1. The van der Waals surface area contributed by atoms with Gasteiger partial charge in [0.2, 0.25) is 5.91 Å². The van der Waals surface area contributed by atoms with Crippen LogP contribution >= 0.6 is 11.8 Å². The highest BCUT2D eigenvalue weighted by atomic mass is 32.2. The summed E-state index contributed by atoms with van der Waals surface area (Å²) in [6.45, 7) is 0. The average Bonchev–Trinajstić information content (AvgIpc) is 2.85. The number of carbonyl (C=O) groups is 1. The van der Waals surface area contributed by atoms with Crippen LogP contribution in [0.4, 0.5) is 11.4 Å². The third kappa shape index (κ3) is 4.16. The summed E-state index contributed by atoms with van der Waals surface area (Å²) in [5, 5.41) is 3.71. The number of hydrogen-bond acceptors (Lipinski definition) is 5. The molecule has 7 heteroatoms. The number of ether oxygens (including phenoxy) is 1. The molecule has 1 amide bonds. The SMILES string of the molecule is COc1ccc(N)cc1NC(=O)CCSc1nccn1C. The van der Waals surface area contributed by atoms with Gasteiger partial charge in [0, 0.05) is 37.3 Å². The molecule has 0 spiro atoms. The minimum Gasteiger partial charge on any atom is -0.495 e. The summed E-state index contributed by atoms with van der Waals surface area (Å²) in [7, 11) is 3.48. The lowest BCUT2D eigenvalue weighted by atomic mass is 10.2. The summed E-state index contributed by atoms with van der Waals surface area (Å²) in [5.41, 5.74) is 6.88. The molecule has 0 saturated carbocycles. The molecule has 0 unspecified atom stereocenters. The zero-order valence-corrected chi connectivity index (χ0v) is 12.8. The molecular weight excluding hydrogens is 288 g/mol. The number of amides is 1. The number of anilines is 2. The minimum atomic E-state index is -0.0828. The number of nitrogens with two attached hydrogens (primary N) is 1. The van der Waals surface area contributed by atoms with E-state index in [-0.39, 0.29) is 5.91 Å². The predicted molar refractivity (Wildman–Crippen MR) is 84.6 cm³/mol. The maximum atomic E-state index is 12.0. The van der Waals surface area contributed by atoms with Crippen LogP contribution in [-0.4, -0.2) is 28.3 Å². The van der Waals surface area contributed by atoms with E-state index < -0.39 is 0 Å². The first-order valence-corrected chi connectivity index (χ1v) is 7.42. The molecule has 6 nitrogen and oxygen atoms in total. The Morgan fingerprint density at radius 1 is 1.52 bits per heavy atom. The molecule has 0 aliphatic rings. The predicted octanol–water partition coefficient (Wildman–Crippen LogP) is 2.13. The fourth-order valence-corrected chi connectivity index (χ4v) is 2.63. The molecule has 1 aromatic carbocycles. The van der Waals surface area contributed by atoms with Crippen LogP contribution < -0.4 is 15.8 Å². The van der Waals surface area contributed by atoms with E-state index in [2.05, 4.69) is 10.3 Å². The van der Waals surface area contributed by atoms with Gasteiger partial charge in [-0.05, 0) is 18.2 Å². The first-order valence-electron chi connectivity index (χ1n) is 6.43. The largest absolute Gasteiger partial charge is 0.495 e. The second kappa shape index (κ2) is 7.03. The van der Waals surface area contributed by atoms with Crippen LogP contribution in [0.15, 0.2) is 35.7 Å². The third-order valence-corrected chi connectivity index (χ3v) is 3.89. The Bertz CT molecular complexity index is 627. The van der Waals surface area contributed by atoms with E-state index in [0.29, 0.717) is 29.3 Å². The van der Waals surface area contributed by atoms with Crippen LogP contribution in [0.25, 0.3) is 0 Å². The number of carbonyl (C=O) groups excluding carboxylic acids is 1. The summed E-state index contributed by atoms with van der Waals surface area (Å²) >= 11 is 1.54. The van der Waals surface area contributed by atoms with Crippen molar-refractivity contribution in [3.05, 3.63) is 30.6 Å². The van der Waals surface area contributed by atoms with Crippen molar-refractivity contribution < 1.29 is 9.53 Å². The van der Waals surface area contributed by atoms with Gasteiger partial charge in [0.25, 0.3) is 0 Å². The van der Waals surface area contributed by atoms with Gasteiger partial charge in [-0.25, -0.2) is 4.98 Å². The molecule has 0 aliphatic heterocycles. The molecule has 0 saturated heterocycles. The standard InChI is InChI=1S/C14H18N4O2S/c1-18-7-6-16-14(18)21-8-5-13(19)17-11-9-10(15)3-4-12(11)20-2/h3-4,6-7,9H,5,8,15H2,1-2H3,(H,17,19).